The number of hydrogen-bond acceptors (Lipinski definition) is 2. The summed E-state index contributed by atoms with van der Waals surface area (Å²) in [5.74, 6) is 0. The van der Waals surface area contributed by atoms with Crippen LogP contribution in [0.3, 0.4) is 0 Å². The van der Waals surface area contributed by atoms with E-state index in [1.54, 1.807) is 0 Å². The normalized spacial score (nSPS) is 13.6. The molecule has 98 valence electrons. The molecular weight excluding hydrogens is 229 g/mol. The van der Waals surface area contributed by atoms with E-state index >= 15 is 0 Å². The maximum absolute atomic E-state index is 12.6. The van der Waals surface area contributed by atoms with E-state index in [0.29, 0.717) is 12.7 Å². The Hall–Kier alpha value is -1.10. The van der Waals surface area contributed by atoms with Gasteiger partial charge in [0.2, 0.25) is 0 Å². The lowest BCUT2D eigenvalue weighted by Gasteiger charge is -2.21. The smallest absolute Gasteiger partial charge is 0.312 e. The number of aliphatic imine (C=N–C) groups is 1. The van der Waals surface area contributed by atoms with Crippen molar-refractivity contribution >= 4 is 6.72 Å². The molecule has 0 aliphatic rings. The first-order valence-corrected chi connectivity index (χ1v) is 5.24. The Bertz CT molecular complexity index is 309. The van der Waals surface area contributed by atoms with Crippen LogP contribution in [0.4, 0.5) is 13.2 Å². The number of nitrogens with one attached hydrogen (secondary N) is 1. The van der Waals surface area contributed by atoms with Gasteiger partial charge in [0.1, 0.15) is 0 Å². The Morgan fingerprint density at radius 3 is 2.18 bits per heavy atom. The maximum Gasteiger partial charge on any atom is 0.418 e. The zero-order chi connectivity index (χ0) is 13.7. The van der Waals surface area contributed by atoms with Crippen LogP contribution in [-0.4, -0.2) is 25.0 Å². The highest BCUT2D eigenvalue weighted by molar-refractivity contribution is 5.35. The van der Waals surface area contributed by atoms with Gasteiger partial charge in [-0.25, -0.2) is 0 Å². The molecular formula is C12H19F3N2. The van der Waals surface area contributed by atoms with Crippen molar-refractivity contribution in [1.29, 1.82) is 0 Å². The van der Waals surface area contributed by atoms with Crippen LogP contribution < -0.4 is 5.32 Å². The summed E-state index contributed by atoms with van der Waals surface area (Å²) in [6.45, 7) is 12.8. The van der Waals surface area contributed by atoms with Gasteiger partial charge in [0.15, 0.2) is 0 Å². The van der Waals surface area contributed by atoms with E-state index < -0.39 is 11.7 Å². The Labute approximate surface area is 100 Å². The summed E-state index contributed by atoms with van der Waals surface area (Å²) in [5.41, 5.74) is -0.927. The minimum atomic E-state index is -4.43. The molecule has 0 spiro atoms. The van der Waals surface area contributed by atoms with E-state index in [4.69, 9.17) is 0 Å². The van der Waals surface area contributed by atoms with Crippen LogP contribution >= 0.6 is 0 Å². The Morgan fingerprint density at radius 2 is 1.82 bits per heavy atom. The lowest BCUT2D eigenvalue weighted by atomic mass is 10.0. The predicted molar refractivity (Wildman–Crippen MR) is 65.2 cm³/mol. The SMILES string of the molecule is C=N/C=C(\C(=C)CCNC(C)(C)C)C(F)(F)F. The number of halogens is 3. The van der Waals surface area contributed by atoms with Crippen LogP contribution in [0.1, 0.15) is 27.2 Å². The fraction of sp³-hybridized carbons (Fsp3) is 0.583. The van der Waals surface area contributed by atoms with Crippen molar-refractivity contribution in [2.24, 2.45) is 4.99 Å². The zero-order valence-corrected chi connectivity index (χ0v) is 10.5. The number of alkyl halides is 3. The standard InChI is InChI=1S/C12H19F3N2/c1-9(6-7-17-11(2,3)4)10(8-16-5)12(13,14)15/h8,17H,1,5-7H2,2-4H3/b10-8+. The first-order chi connectivity index (χ1) is 7.58. The van der Waals surface area contributed by atoms with Crippen LogP contribution in [-0.2, 0) is 0 Å². The molecule has 0 rings (SSSR count). The van der Waals surface area contributed by atoms with Crippen LogP contribution in [0.25, 0.3) is 0 Å². The van der Waals surface area contributed by atoms with Crippen molar-refractivity contribution in [3.05, 3.63) is 23.9 Å². The molecule has 0 bridgehead atoms. The summed E-state index contributed by atoms with van der Waals surface area (Å²) in [6.07, 6.45) is -3.50. The summed E-state index contributed by atoms with van der Waals surface area (Å²) >= 11 is 0. The predicted octanol–water partition coefficient (Wildman–Crippen LogP) is 3.47. The van der Waals surface area contributed by atoms with Gasteiger partial charge in [-0.1, -0.05) is 6.58 Å². The largest absolute Gasteiger partial charge is 0.418 e. The third kappa shape index (κ3) is 6.94. The summed E-state index contributed by atoms with van der Waals surface area (Å²) in [6, 6.07) is 0. The molecule has 0 aliphatic heterocycles. The second-order valence-corrected chi connectivity index (χ2v) is 4.75. The van der Waals surface area contributed by atoms with Crippen molar-refractivity contribution in [2.45, 2.75) is 38.9 Å². The van der Waals surface area contributed by atoms with Crippen LogP contribution in [0, 0.1) is 0 Å². The van der Waals surface area contributed by atoms with Gasteiger partial charge in [-0.3, -0.25) is 4.99 Å². The lowest BCUT2D eigenvalue weighted by molar-refractivity contribution is -0.0896. The van der Waals surface area contributed by atoms with Crippen molar-refractivity contribution in [3.63, 3.8) is 0 Å². The number of allylic oxidation sites excluding steroid dienone is 1. The topological polar surface area (TPSA) is 24.4 Å². The molecule has 0 aromatic heterocycles. The van der Waals surface area contributed by atoms with Gasteiger partial charge >= 0.3 is 6.18 Å². The van der Waals surface area contributed by atoms with Gasteiger partial charge in [-0.05, 0) is 46.0 Å². The van der Waals surface area contributed by atoms with Crippen LogP contribution in [0.5, 0.6) is 0 Å². The highest BCUT2D eigenvalue weighted by atomic mass is 19.4. The fourth-order valence-electron chi connectivity index (χ4n) is 1.18. The molecule has 0 aromatic rings. The van der Waals surface area contributed by atoms with E-state index in [1.165, 1.54) is 0 Å². The summed E-state index contributed by atoms with van der Waals surface area (Å²) in [4.78, 5) is 3.17. The second-order valence-electron chi connectivity index (χ2n) is 4.75. The average molecular weight is 248 g/mol. The minimum Gasteiger partial charge on any atom is -0.312 e. The monoisotopic (exact) mass is 248 g/mol. The molecule has 0 saturated carbocycles. The average Bonchev–Trinajstić information content (AvgIpc) is 2.09. The van der Waals surface area contributed by atoms with Crippen LogP contribution in [0.2, 0.25) is 0 Å². The van der Waals surface area contributed by atoms with Gasteiger partial charge in [-0.15, -0.1) is 0 Å². The summed E-state index contributed by atoms with van der Waals surface area (Å²) in [7, 11) is 0. The van der Waals surface area contributed by atoms with Crippen molar-refractivity contribution in [1.82, 2.24) is 5.32 Å². The van der Waals surface area contributed by atoms with Crippen molar-refractivity contribution in [3.8, 4) is 0 Å². The zero-order valence-electron chi connectivity index (χ0n) is 10.5. The molecule has 2 nitrogen and oxygen atoms in total. The Kier molecular flexibility index (Phi) is 5.61. The quantitative estimate of drug-likeness (QED) is 0.584. The molecule has 0 aromatic carbocycles. The first kappa shape index (κ1) is 15.9. The fourth-order valence-corrected chi connectivity index (χ4v) is 1.18. The molecule has 0 saturated heterocycles. The highest BCUT2D eigenvalue weighted by Crippen LogP contribution is 2.31. The van der Waals surface area contributed by atoms with Gasteiger partial charge in [-0.2, -0.15) is 13.2 Å². The molecule has 1 N–H and O–H groups in total. The third-order valence-corrected chi connectivity index (χ3v) is 1.99. The number of hydrogen-bond donors (Lipinski definition) is 1. The van der Waals surface area contributed by atoms with Crippen molar-refractivity contribution < 1.29 is 13.2 Å². The summed E-state index contributed by atoms with van der Waals surface area (Å²) < 4.78 is 37.7. The first-order valence-electron chi connectivity index (χ1n) is 5.24. The van der Waals surface area contributed by atoms with E-state index in [2.05, 4.69) is 23.6 Å². The van der Waals surface area contributed by atoms with E-state index in [0.717, 1.165) is 0 Å². The Morgan fingerprint density at radius 1 is 1.29 bits per heavy atom. The number of nitrogens with zero attached hydrogens (tertiary/aromatic N) is 1. The molecule has 5 heteroatoms. The molecule has 0 unspecified atom stereocenters. The van der Waals surface area contributed by atoms with E-state index in [9.17, 15) is 13.2 Å². The van der Waals surface area contributed by atoms with Gasteiger partial charge in [0, 0.05) is 11.7 Å². The highest BCUT2D eigenvalue weighted by Gasteiger charge is 2.35. The maximum atomic E-state index is 12.6. The van der Waals surface area contributed by atoms with Crippen LogP contribution in [0.15, 0.2) is 28.9 Å². The van der Waals surface area contributed by atoms with Gasteiger partial charge < -0.3 is 5.32 Å². The molecule has 0 atom stereocenters. The third-order valence-electron chi connectivity index (χ3n) is 1.99. The summed E-state index contributed by atoms with van der Waals surface area (Å²) in [5, 5.41) is 3.10. The van der Waals surface area contributed by atoms with Crippen molar-refractivity contribution in [2.75, 3.05) is 6.54 Å². The minimum absolute atomic E-state index is 0.0154. The molecule has 0 aliphatic carbocycles. The second kappa shape index (κ2) is 6.00. The van der Waals surface area contributed by atoms with Gasteiger partial charge in [0.05, 0.1) is 5.57 Å². The molecule has 0 fully saturated rings. The number of rotatable bonds is 5. The van der Waals surface area contributed by atoms with E-state index in [-0.39, 0.29) is 17.5 Å². The Balaban J connectivity index is 4.48. The molecule has 0 heterocycles. The van der Waals surface area contributed by atoms with E-state index in [1.807, 2.05) is 20.8 Å². The lowest BCUT2D eigenvalue weighted by Crippen LogP contribution is -2.36. The van der Waals surface area contributed by atoms with Gasteiger partial charge in [0.25, 0.3) is 0 Å². The molecule has 0 amide bonds. The molecule has 17 heavy (non-hydrogen) atoms. The molecule has 0 radical (unpaired) electrons.